The van der Waals surface area contributed by atoms with Gasteiger partial charge in [0, 0.05) is 37.3 Å². The van der Waals surface area contributed by atoms with Crippen LogP contribution in [0.2, 0.25) is 0 Å². The van der Waals surface area contributed by atoms with Crippen molar-refractivity contribution in [2.45, 2.75) is 82.5 Å². The maximum Gasteiger partial charge on any atom is 0.0697 e. The summed E-state index contributed by atoms with van der Waals surface area (Å²) < 4.78 is 6.39. The molecule has 1 aromatic rings. The number of ether oxygens (including phenoxy) is 1. The normalized spacial score (nSPS) is 25.6. The molecular weight excluding hydrogens is 312 g/mol. The Hall–Kier alpha value is -0.910. The summed E-state index contributed by atoms with van der Waals surface area (Å²) in [5, 5.41) is 10.9. The predicted molar refractivity (Wildman–Crippen MR) is 102 cm³/mol. The van der Waals surface area contributed by atoms with Gasteiger partial charge in [-0.1, -0.05) is 19.3 Å². The van der Waals surface area contributed by atoms with E-state index >= 15 is 0 Å². The third-order valence-electron chi connectivity index (χ3n) is 5.93. The topological polar surface area (TPSA) is 53.2 Å². The molecule has 25 heavy (non-hydrogen) atoms. The third-order valence-corrected chi connectivity index (χ3v) is 5.93. The van der Waals surface area contributed by atoms with Gasteiger partial charge in [0.25, 0.3) is 0 Å². The van der Waals surface area contributed by atoms with Gasteiger partial charge in [0.1, 0.15) is 0 Å². The Balaban J connectivity index is 1.47. The minimum Gasteiger partial charge on any atom is -0.375 e. The van der Waals surface area contributed by atoms with Crippen molar-refractivity contribution in [2.24, 2.45) is 0 Å². The number of H-pyrrole nitrogens is 1. The molecule has 0 bridgehead atoms. The van der Waals surface area contributed by atoms with Crippen molar-refractivity contribution >= 4 is 0 Å². The molecule has 5 nitrogen and oxygen atoms in total. The molecule has 1 aromatic heterocycles. The van der Waals surface area contributed by atoms with Crippen molar-refractivity contribution in [3.63, 3.8) is 0 Å². The summed E-state index contributed by atoms with van der Waals surface area (Å²) in [7, 11) is 4.19. The number of nitrogens with one attached hydrogen (secondary N) is 2. The van der Waals surface area contributed by atoms with Crippen LogP contribution in [-0.4, -0.2) is 54.5 Å². The summed E-state index contributed by atoms with van der Waals surface area (Å²) in [6.07, 6.45) is 14.6. The standard InChI is InChI=1S/C20H36N4O/c1-21-12-13-24(2)15-17-14-22-23-20(17)16-8-10-19(11-9-16)25-18-6-4-3-5-7-18/h14,16,18-19,21H,3-13,15H2,1-2H3,(H,22,23)/t16-,19-. The Morgan fingerprint density at radius 1 is 1.12 bits per heavy atom. The molecular formula is C20H36N4O. The van der Waals surface area contributed by atoms with Gasteiger partial charge in [-0.3, -0.25) is 5.10 Å². The van der Waals surface area contributed by atoms with Crippen LogP contribution in [0.5, 0.6) is 0 Å². The second kappa shape index (κ2) is 9.70. The summed E-state index contributed by atoms with van der Waals surface area (Å²) in [4.78, 5) is 2.36. The summed E-state index contributed by atoms with van der Waals surface area (Å²) in [6, 6.07) is 0. The summed E-state index contributed by atoms with van der Waals surface area (Å²) in [5.41, 5.74) is 2.67. The van der Waals surface area contributed by atoms with Crippen molar-refractivity contribution in [3.05, 3.63) is 17.5 Å². The monoisotopic (exact) mass is 348 g/mol. The van der Waals surface area contributed by atoms with E-state index in [1.54, 1.807) is 0 Å². The molecule has 2 aliphatic carbocycles. The smallest absolute Gasteiger partial charge is 0.0697 e. The highest BCUT2D eigenvalue weighted by atomic mass is 16.5. The molecule has 0 unspecified atom stereocenters. The van der Waals surface area contributed by atoms with Gasteiger partial charge in [-0.2, -0.15) is 5.10 Å². The Bertz CT molecular complexity index is 490. The van der Waals surface area contributed by atoms with Gasteiger partial charge in [-0.15, -0.1) is 0 Å². The van der Waals surface area contributed by atoms with E-state index in [0.717, 1.165) is 19.6 Å². The average molecular weight is 349 g/mol. The zero-order valence-electron chi connectivity index (χ0n) is 16.1. The maximum atomic E-state index is 6.39. The minimum absolute atomic E-state index is 0.486. The van der Waals surface area contributed by atoms with E-state index in [1.807, 2.05) is 7.05 Å². The van der Waals surface area contributed by atoms with Gasteiger partial charge in [0.2, 0.25) is 0 Å². The Labute approximate surface area is 152 Å². The molecule has 142 valence electrons. The summed E-state index contributed by atoms with van der Waals surface area (Å²) >= 11 is 0. The fraction of sp³-hybridized carbons (Fsp3) is 0.850. The zero-order chi connectivity index (χ0) is 17.5. The molecule has 0 spiro atoms. The Kier molecular flexibility index (Phi) is 7.32. The van der Waals surface area contributed by atoms with Crippen molar-refractivity contribution in [1.82, 2.24) is 20.4 Å². The molecule has 0 aromatic carbocycles. The summed E-state index contributed by atoms with van der Waals surface area (Å²) in [5.74, 6) is 0.602. The van der Waals surface area contributed by atoms with Crippen LogP contribution >= 0.6 is 0 Å². The molecule has 1 heterocycles. The lowest BCUT2D eigenvalue weighted by atomic mass is 9.83. The number of hydrogen-bond donors (Lipinski definition) is 2. The molecule has 2 saturated carbocycles. The van der Waals surface area contributed by atoms with Gasteiger partial charge in [-0.05, 0) is 52.6 Å². The first-order chi connectivity index (χ1) is 12.3. The van der Waals surface area contributed by atoms with Crippen LogP contribution in [0.3, 0.4) is 0 Å². The maximum absolute atomic E-state index is 6.39. The molecule has 0 saturated heterocycles. The first-order valence-electron chi connectivity index (χ1n) is 10.3. The molecule has 0 aliphatic heterocycles. The van der Waals surface area contributed by atoms with Crippen LogP contribution in [0.1, 0.15) is 75.0 Å². The van der Waals surface area contributed by atoms with Crippen LogP contribution in [-0.2, 0) is 11.3 Å². The Morgan fingerprint density at radius 2 is 1.84 bits per heavy atom. The third kappa shape index (κ3) is 5.53. The van der Waals surface area contributed by atoms with E-state index in [4.69, 9.17) is 4.74 Å². The van der Waals surface area contributed by atoms with Crippen molar-refractivity contribution in [3.8, 4) is 0 Å². The second-order valence-electron chi connectivity index (χ2n) is 8.01. The van der Waals surface area contributed by atoms with Gasteiger partial charge >= 0.3 is 0 Å². The molecule has 3 rings (SSSR count). The molecule has 2 aliphatic rings. The van der Waals surface area contributed by atoms with Crippen LogP contribution in [0, 0.1) is 0 Å². The Morgan fingerprint density at radius 3 is 2.56 bits per heavy atom. The van der Waals surface area contributed by atoms with Crippen molar-refractivity contribution in [2.75, 3.05) is 27.2 Å². The number of aromatic nitrogens is 2. The molecule has 2 N–H and O–H groups in total. The minimum atomic E-state index is 0.486. The molecule has 5 heteroatoms. The lowest BCUT2D eigenvalue weighted by molar-refractivity contribution is -0.0473. The molecule has 0 radical (unpaired) electrons. The van der Waals surface area contributed by atoms with Gasteiger partial charge in [0.15, 0.2) is 0 Å². The van der Waals surface area contributed by atoms with Crippen LogP contribution in [0.4, 0.5) is 0 Å². The van der Waals surface area contributed by atoms with E-state index in [9.17, 15) is 0 Å². The first kappa shape index (κ1) is 18.9. The number of likely N-dealkylation sites (N-methyl/N-ethyl adjacent to an activating group) is 2. The fourth-order valence-electron chi connectivity index (χ4n) is 4.42. The van der Waals surface area contributed by atoms with Gasteiger partial charge in [-0.25, -0.2) is 0 Å². The molecule has 2 fully saturated rings. The van der Waals surface area contributed by atoms with E-state index in [2.05, 4.69) is 33.7 Å². The van der Waals surface area contributed by atoms with Gasteiger partial charge in [0.05, 0.1) is 17.9 Å². The van der Waals surface area contributed by atoms with Crippen LogP contribution in [0.25, 0.3) is 0 Å². The van der Waals surface area contributed by atoms with Crippen LogP contribution in [0.15, 0.2) is 6.20 Å². The lowest BCUT2D eigenvalue weighted by Crippen LogP contribution is -2.29. The SMILES string of the molecule is CNCCN(C)Cc1c[nH]nc1[C@H]1CC[C@H](OC2CCCCC2)CC1. The number of hydrogen-bond acceptors (Lipinski definition) is 4. The average Bonchev–Trinajstić information content (AvgIpc) is 3.09. The van der Waals surface area contributed by atoms with Crippen LogP contribution < -0.4 is 5.32 Å². The number of rotatable bonds is 8. The lowest BCUT2D eigenvalue weighted by Gasteiger charge is -2.32. The summed E-state index contributed by atoms with van der Waals surface area (Å²) in [6.45, 7) is 3.06. The van der Waals surface area contributed by atoms with Crippen molar-refractivity contribution < 1.29 is 4.74 Å². The highest BCUT2D eigenvalue weighted by Crippen LogP contribution is 2.36. The highest BCUT2D eigenvalue weighted by Gasteiger charge is 2.28. The first-order valence-corrected chi connectivity index (χ1v) is 10.3. The molecule has 0 amide bonds. The number of nitrogens with zero attached hydrogens (tertiary/aromatic N) is 2. The fourth-order valence-corrected chi connectivity index (χ4v) is 4.42. The van der Waals surface area contributed by atoms with E-state index in [1.165, 1.54) is 69.0 Å². The van der Waals surface area contributed by atoms with Crippen molar-refractivity contribution in [1.29, 1.82) is 0 Å². The predicted octanol–water partition coefficient (Wildman–Crippen LogP) is 3.44. The highest BCUT2D eigenvalue weighted by molar-refractivity contribution is 5.21. The van der Waals surface area contributed by atoms with E-state index < -0.39 is 0 Å². The second-order valence-corrected chi connectivity index (χ2v) is 8.01. The quantitative estimate of drug-likeness (QED) is 0.756. The zero-order valence-corrected chi connectivity index (χ0v) is 16.1. The molecule has 0 atom stereocenters. The van der Waals surface area contributed by atoms with E-state index in [0.29, 0.717) is 18.1 Å². The van der Waals surface area contributed by atoms with Gasteiger partial charge < -0.3 is 15.0 Å². The van der Waals surface area contributed by atoms with E-state index in [-0.39, 0.29) is 0 Å². The number of aromatic amines is 1. The largest absolute Gasteiger partial charge is 0.375 e.